The Morgan fingerprint density at radius 2 is 2.35 bits per heavy atom. The lowest BCUT2D eigenvalue weighted by Gasteiger charge is -2.28. The Morgan fingerprint density at radius 1 is 1.59 bits per heavy atom. The number of aryl methyl sites for hydroxylation is 1. The van der Waals surface area contributed by atoms with E-state index in [9.17, 15) is 4.79 Å². The van der Waals surface area contributed by atoms with Crippen LogP contribution >= 0.6 is 0 Å². The Labute approximate surface area is 101 Å². The highest BCUT2D eigenvalue weighted by Gasteiger charge is 2.22. The first kappa shape index (κ1) is 12.1. The summed E-state index contributed by atoms with van der Waals surface area (Å²) in [6.45, 7) is 0.672. The first-order valence-corrected chi connectivity index (χ1v) is 6.18. The molecule has 1 heterocycles. The van der Waals surface area contributed by atoms with Crippen LogP contribution in [0.3, 0.4) is 0 Å². The third-order valence-electron chi connectivity index (χ3n) is 3.54. The van der Waals surface area contributed by atoms with Gasteiger partial charge in [-0.2, -0.15) is 0 Å². The van der Waals surface area contributed by atoms with Crippen molar-refractivity contribution in [2.75, 3.05) is 6.54 Å². The molecule has 1 aliphatic rings. The van der Waals surface area contributed by atoms with Crippen LogP contribution in [-0.2, 0) is 7.05 Å². The minimum atomic E-state index is -0.0669. The highest BCUT2D eigenvalue weighted by Crippen LogP contribution is 2.22. The van der Waals surface area contributed by atoms with E-state index >= 15 is 0 Å². The number of nitrogens with zero attached hydrogens (tertiary/aromatic N) is 2. The monoisotopic (exact) mass is 236 g/mol. The number of hydrogen-bond donors (Lipinski definition) is 2. The van der Waals surface area contributed by atoms with Crippen molar-refractivity contribution in [3.05, 3.63) is 18.2 Å². The van der Waals surface area contributed by atoms with Crippen LogP contribution in [-0.4, -0.2) is 28.0 Å². The quantitative estimate of drug-likeness (QED) is 0.810. The van der Waals surface area contributed by atoms with E-state index in [1.807, 2.05) is 7.05 Å². The summed E-state index contributed by atoms with van der Waals surface area (Å²) in [5.74, 6) is 0.351. The summed E-state index contributed by atoms with van der Waals surface area (Å²) in [6, 6.07) is 0.232. The number of nitrogens with two attached hydrogens (primary N) is 1. The molecule has 0 bridgehead atoms. The number of aromatic nitrogens is 2. The molecule has 1 amide bonds. The zero-order valence-electron chi connectivity index (χ0n) is 10.2. The van der Waals surface area contributed by atoms with Crippen LogP contribution in [0, 0.1) is 5.92 Å². The fourth-order valence-electron chi connectivity index (χ4n) is 2.38. The van der Waals surface area contributed by atoms with Crippen molar-refractivity contribution in [2.45, 2.75) is 31.7 Å². The summed E-state index contributed by atoms with van der Waals surface area (Å²) >= 11 is 0. The van der Waals surface area contributed by atoms with Crippen molar-refractivity contribution >= 4 is 5.91 Å². The summed E-state index contributed by atoms with van der Waals surface area (Å²) < 4.78 is 1.72. The second-order valence-corrected chi connectivity index (χ2v) is 4.81. The lowest BCUT2D eigenvalue weighted by molar-refractivity contribution is 0.0933. The molecule has 3 N–H and O–H groups in total. The molecule has 17 heavy (non-hydrogen) atoms. The normalized spacial score (nSPS) is 24.6. The fraction of sp³-hybridized carbons (Fsp3) is 0.667. The number of nitrogens with one attached hydrogen (secondary N) is 1. The van der Waals surface area contributed by atoms with Crippen LogP contribution in [0.1, 0.15) is 36.2 Å². The highest BCUT2D eigenvalue weighted by atomic mass is 16.1. The Morgan fingerprint density at radius 3 is 3.00 bits per heavy atom. The van der Waals surface area contributed by atoms with Gasteiger partial charge in [0.15, 0.2) is 0 Å². The van der Waals surface area contributed by atoms with Gasteiger partial charge < -0.3 is 15.6 Å². The Balaban J connectivity index is 1.86. The molecule has 1 saturated carbocycles. The second-order valence-electron chi connectivity index (χ2n) is 4.81. The molecular formula is C12H20N4O. The number of imidazole rings is 1. The Kier molecular flexibility index (Phi) is 3.78. The van der Waals surface area contributed by atoms with Gasteiger partial charge in [-0.15, -0.1) is 0 Å². The molecule has 5 heteroatoms. The van der Waals surface area contributed by atoms with Gasteiger partial charge in [0.1, 0.15) is 5.69 Å². The van der Waals surface area contributed by atoms with Gasteiger partial charge >= 0.3 is 0 Å². The summed E-state index contributed by atoms with van der Waals surface area (Å²) in [5, 5.41) is 2.95. The van der Waals surface area contributed by atoms with Gasteiger partial charge in [-0.1, -0.05) is 12.8 Å². The van der Waals surface area contributed by atoms with Crippen molar-refractivity contribution in [1.82, 2.24) is 14.9 Å². The summed E-state index contributed by atoms with van der Waals surface area (Å²) in [6.07, 6.45) is 7.84. The predicted molar refractivity (Wildman–Crippen MR) is 65.5 cm³/mol. The zero-order valence-corrected chi connectivity index (χ0v) is 10.2. The smallest absolute Gasteiger partial charge is 0.269 e. The molecule has 5 nitrogen and oxygen atoms in total. The van der Waals surface area contributed by atoms with Crippen LogP contribution in [0.2, 0.25) is 0 Å². The molecule has 1 aromatic rings. The predicted octanol–water partition coefficient (Wildman–Crippen LogP) is 0.667. The van der Waals surface area contributed by atoms with Crippen LogP contribution in [0.4, 0.5) is 0 Å². The van der Waals surface area contributed by atoms with Crippen molar-refractivity contribution in [3.8, 4) is 0 Å². The number of carbonyl (C=O) groups excluding carboxylic acids is 1. The topological polar surface area (TPSA) is 72.9 Å². The standard InChI is InChI=1S/C12H20N4O/c1-16-8-14-7-11(16)12(17)15-6-9-4-2-3-5-10(9)13/h7-10H,2-6,13H2,1H3,(H,15,17). The van der Waals surface area contributed by atoms with E-state index in [1.165, 1.54) is 12.8 Å². The third kappa shape index (κ3) is 2.85. The van der Waals surface area contributed by atoms with Crippen LogP contribution in [0.5, 0.6) is 0 Å². The lowest BCUT2D eigenvalue weighted by atomic mass is 9.85. The van der Waals surface area contributed by atoms with Crippen molar-refractivity contribution in [3.63, 3.8) is 0 Å². The molecule has 94 valence electrons. The second kappa shape index (κ2) is 5.31. The number of amides is 1. The average molecular weight is 236 g/mol. The van der Waals surface area contributed by atoms with E-state index in [1.54, 1.807) is 17.1 Å². The maximum atomic E-state index is 11.9. The molecule has 1 aromatic heterocycles. The van der Waals surface area contributed by atoms with Crippen LogP contribution in [0.25, 0.3) is 0 Å². The van der Waals surface area contributed by atoms with Gasteiger partial charge in [-0.05, 0) is 18.8 Å². The molecule has 0 spiro atoms. The molecule has 1 aliphatic carbocycles. The molecule has 1 fully saturated rings. The first-order chi connectivity index (χ1) is 8.18. The van der Waals surface area contributed by atoms with Crippen molar-refractivity contribution in [1.29, 1.82) is 0 Å². The van der Waals surface area contributed by atoms with E-state index in [4.69, 9.17) is 5.73 Å². The largest absolute Gasteiger partial charge is 0.350 e. The summed E-state index contributed by atoms with van der Waals surface area (Å²) in [7, 11) is 1.81. The minimum absolute atomic E-state index is 0.0669. The van der Waals surface area contributed by atoms with Gasteiger partial charge in [0.05, 0.1) is 12.5 Å². The van der Waals surface area contributed by atoms with Crippen molar-refractivity contribution in [2.24, 2.45) is 18.7 Å². The van der Waals surface area contributed by atoms with Crippen molar-refractivity contribution < 1.29 is 4.79 Å². The molecule has 0 radical (unpaired) electrons. The number of rotatable bonds is 3. The summed E-state index contributed by atoms with van der Waals surface area (Å²) in [4.78, 5) is 15.8. The third-order valence-corrected chi connectivity index (χ3v) is 3.54. The number of hydrogen-bond acceptors (Lipinski definition) is 3. The molecule has 2 atom stereocenters. The molecular weight excluding hydrogens is 216 g/mol. The molecule has 0 aromatic carbocycles. The van der Waals surface area contributed by atoms with Crippen LogP contribution in [0.15, 0.2) is 12.5 Å². The number of carbonyl (C=O) groups is 1. The molecule has 0 aliphatic heterocycles. The maximum Gasteiger partial charge on any atom is 0.269 e. The average Bonchev–Trinajstić information content (AvgIpc) is 2.74. The van der Waals surface area contributed by atoms with E-state index in [0.29, 0.717) is 18.2 Å². The van der Waals surface area contributed by atoms with Gasteiger partial charge in [0.25, 0.3) is 5.91 Å². The Bertz CT molecular complexity index is 388. The SMILES string of the molecule is Cn1cncc1C(=O)NCC1CCCCC1N. The summed E-state index contributed by atoms with van der Waals surface area (Å²) in [5.41, 5.74) is 6.64. The highest BCUT2D eigenvalue weighted by molar-refractivity contribution is 5.92. The first-order valence-electron chi connectivity index (χ1n) is 6.18. The fourth-order valence-corrected chi connectivity index (χ4v) is 2.38. The van der Waals surface area contributed by atoms with E-state index in [0.717, 1.165) is 12.8 Å². The van der Waals surface area contributed by atoms with Gasteiger partial charge in [0.2, 0.25) is 0 Å². The van der Waals surface area contributed by atoms with Gasteiger partial charge in [-0.3, -0.25) is 4.79 Å². The van der Waals surface area contributed by atoms with E-state index < -0.39 is 0 Å². The van der Waals surface area contributed by atoms with Crippen LogP contribution < -0.4 is 11.1 Å². The van der Waals surface area contributed by atoms with E-state index in [2.05, 4.69) is 10.3 Å². The molecule has 2 unspecified atom stereocenters. The minimum Gasteiger partial charge on any atom is -0.350 e. The van der Waals surface area contributed by atoms with Gasteiger partial charge in [-0.25, -0.2) is 4.98 Å². The zero-order chi connectivity index (χ0) is 12.3. The molecule has 2 rings (SSSR count). The van der Waals surface area contributed by atoms with E-state index in [-0.39, 0.29) is 11.9 Å². The van der Waals surface area contributed by atoms with Gasteiger partial charge in [0, 0.05) is 19.6 Å². The molecule has 0 saturated heterocycles. The Hall–Kier alpha value is -1.36. The lowest BCUT2D eigenvalue weighted by Crippen LogP contribution is -2.41. The maximum absolute atomic E-state index is 11.9.